The molecule has 0 fully saturated rings. The van der Waals surface area contributed by atoms with E-state index in [1.165, 1.54) is 11.3 Å². The first-order valence-electron chi connectivity index (χ1n) is 6.53. The Balaban J connectivity index is 1.71. The summed E-state index contributed by atoms with van der Waals surface area (Å²) in [6.07, 6.45) is 0. The molecule has 0 saturated carbocycles. The van der Waals surface area contributed by atoms with Crippen molar-refractivity contribution in [3.63, 3.8) is 0 Å². The molecule has 6 nitrogen and oxygen atoms in total. The van der Waals surface area contributed by atoms with Gasteiger partial charge in [0.2, 0.25) is 0 Å². The number of thiophene rings is 1. The third-order valence-electron chi connectivity index (χ3n) is 2.94. The molecule has 3 rings (SSSR count). The summed E-state index contributed by atoms with van der Waals surface area (Å²) in [5, 5.41) is 12.8. The number of nitrogens with zero attached hydrogens (tertiary/aromatic N) is 2. The van der Waals surface area contributed by atoms with E-state index in [2.05, 4.69) is 15.4 Å². The Morgan fingerprint density at radius 1 is 1.30 bits per heavy atom. The van der Waals surface area contributed by atoms with Crippen molar-refractivity contribution in [1.29, 1.82) is 0 Å². The molecule has 0 saturated heterocycles. The summed E-state index contributed by atoms with van der Waals surface area (Å²) in [6.45, 7) is 0. The quantitative estimate of drug-likeness (QED) is 0.328. The summed E-state index contributed by atoms with van der Waals surface area (Å²) in [4.78, 5) is 17.5. The molecule has 0 spiro atoms. The number of nitrogens with one attached hydrogen (secondary N) is 1. The molecule has 0 unspecified atom stereocenters. The van der Waals surface area contributed by atoms with Gasteiger partial charge in [0.25, 0.3) is 0 Å². The maximum absolute atomic E-state index is 11.9. The van der Waals surface area contributed by atoms with Crippen LogP contribution in [0, 0.1) is 0 Å². The van der Waals surface area contributed by atoms with E-state index in [-0.39, 0.29) is 11.5 Å². The zero-order valence-corrected chi connectivity index (χ0v) is 13.3. The van der Waals surface area contributed by atoms with Gasteiger partial charge in [-0.25, -0.2) is 4.79 Å². The van der Waals surface area contributed by atoms with Crippen LogP contribution in [0.25, 0.3) is 11.3 Å². The predicted octanol–water partition coefficient (Wildman–Crippen LogP) is 3.27. The molecule has 1 aromatic carbocycles. The fourth-order valence-corrected chi connectivity index (χ4v) is 2.55. The lowest BCUT2D eigenvalue weighted by molar-refractivity contribution is 0.0509. The fraction of sp³-hybridized carbons (Fsp3) is 0. The van der Waals surface area contributed by atoms with Crippen LogP contribution in [0.4, 0.5) is 0 Å². The lowest BCUT2D eigenvalue weighted by atomic mass is 10.1. The Morgan fingerprint density at radius 3 is 2.78 bits per heavy atom. The number of oxime groups is 1. The van der Waals surface area contributed by atoms with E-state index in [1.807, 2.05) is 11.4 Å². The second kappa shape index (κ2) is 6.64. The zero-order chi connectivity index (χ0) is 16.2. The van der Waals surface area contributed by atoms with Gasteiger partial charge in [-0.05, 0) is 29.6 Å². The molecule has 116 valence electrons. The van der Waals surface area contributed by atoms with Gasteiger partial charge in [0.05, 0.1) is 10.6 Å². The number of aromatic amines is 1. The molecule has 2 heterocycles. The number of hydrogen-bond acceptors (Lipinski definition) is 5. The Labute approximate surface area is 140 Å². The smallest absolute Gasteiger partial charge is 0.380 e. The van der Waals surface area contributed by atoms with Gasteiger partial charge >= 0.3 is 5.97 Å². The number of benzene rings is 1. The maximum Gasteiger partial charge on any atom is 0.383 e. The molecule has 2 aromatic heterocycles. The van der Waals surface area contributed by atoms with Crippen LogP contribution in [0.5, 0.6) is 0 Å². The summed E-state index contributed by atoms with van der Waals surface area (Å²) in [6, 6.07) is 12.3. The number of amidine groups is 1. The first kappa shape index (κ1) is 15.3. The molecule has 0 radical (unpaired) electrons. The van der Waals surface area contributed by atoms with Crippen LogP contribution in [0.15, 0.2) is 53.0 Å². The first-order chi connectivity index (χ1) is 11.1. The van der Waals surface area contributed by atoms with Crippen molar-refractivity contribution in [1.82, 2.24) is 10.2 Å². The van der Waals surface area contributed by atoms with Gasteiger partial charge in [0, 0.05) is 10.6 Å². The molecule has 0 aliphatic rings. The van der Waals surface area contributed by atoms with Gasteiger partial charge < -0.3 is 10.6 Å². The van der Waals surface area contributed by atoms with Crippen LogP contribution in [-0.4, -0.2) is 22.0 Å². The average Bonchev–Trinajstić information content (AvgIpc) is 3.24. The number of hydrogen-bond donors (Lipinski definition) is 2. The van der Waals surface area contributed by atoms with Gasteiger partial charge in [-0.2, -0.15) is 5.10 Å². The third-order valence-corrected chi connectivity index (χ3v) is 4.08. The van der Waals surface area contributed by atoms with Crippen molar-refractivity contribution in [3.05, 3.63) is 63.4 Å². The van der Waals surface area contributed by atoms with E-state index in [0.717, 1.165) is 10.4 Å². The fourth-order valence-electron chi connectivity index (χ4n) is 1.80. The van der Waals surface area contributed by atoms with Crippen LogP contribution in [0.2, 0.25) is 5.02 Å². The normalized spacial score (nSPS) is 11.4. The maximum atomic E-state index is 11.9. The summed E-state index contributed by atoms with van der Waals surface area (Å²) < 4.78 is 0. The minimum absolute atomic E-state index is 0.144. The lowest BCUT2D eigenvalue weighted by Gasteiger charge is -1.97. The van der Waals surface area contributed by atoms with E-state index in [1.54, 1.807) is 36.4 Å². The Bertz CT molecular complexity index is 841. The number of carbonyl (C=O) groups is 1. The molecule has 0 aliphatic carbocycles. The van der Waals surface area contributed by atoms with Crippen LogP contribution >= 0.6 is 22.9 Å². The summed E-state index contributed by atoms with van der Waals surface area (Å²) >= 11 is 7.24. The molecular weight excluding hydrogens is 336 g/mol. The molecule has 8 heteroatoms. The van der Waals surface area contributed by atoms with Crippen molar-refractivity contribution in [2.24, 2.45) is 10.9 Å². The van der Waals surface area contributed by atoms with E-state index in [4.69, 9.17) is 22.2 Å². The molecule has 3 aromatic rings. The predicted molar refractivity (Wildman–Crippen MR) is 89.5 cm³/mol. The third kappa shape index (κ3) is 3.58. The minimum Gasteiger partial charge on any atom is -0.380 e. The standard InChI is InChI=1S/C15H11ClN4O2S/c16-10-5-3-9(4-6-10)11-8-12(19-18-11)15(21)22-20-14(17)13-2-1-7-23-13/h1-8H,(H2,17,20)(H,18,19). The number of aromatic nitrogens is 2. The second-order valence-electron chi connectivity index (χ2n) is 4.51. The highest BCUT2D eigenvalue weighted by molar-refractivity contribution is 7.12. The van der Waals surface area contributed by atoms with Crippen molar-refractivity contribution in [3.8, 4) is 11.3 Å². The number of nitrogens with two attached hydrogens (primary N) is 1. The van der Waals surface area contributed by atoms with Gasteiger partial charge in [0.15, 0.2) is 5.84 Å². The van der Waals surface area contributed by atoms with Crippen LogP contribution in [-0.2, 0) is 4.84 Å². The van der Waals surface area contributed by atoms with Gasteiger partial charge in [0.1, 0.15) is 5.69 Å². The molecule has 0 aliphatic heterocycles. The number of rotatable bonds is 4. The SMILES string of the molecule is N/C(=N\OC(=O)c1cc(-c2ccc(Cl)cc2)n[nH]1)c1cccs1. The number of carbonyl (C=O) groups excluding carboxylic acids is 1. The van der Waals surface area contributed by atoms with E-state index >= 15 is 0 Å². The molecule has 0 atom stereocenters. The van der Waals surface area contributed by atoms with Crippen LogP contribution in [0.3, 0.4) is 0 Å². The summed E-state index contributed by atoms with van der Waals surface area (Å²) in [5.41, 5.74) is 7.33. The van der Waals surface area contributed by atoms with E-state index in [0.29, 0.717) is 10.7 Å². The first-order valence-corrected chi connectivity index (χ1v) is 7.79. The Kier molecular flexibility index (Phi) is 4.40. The van der Waals surface area contributed by atoms with Gasteiger partial charge in [-0.1, -0.05) is 35.0 Å². The van der Waals surface area contributed by atoms with Crippen molar-refractivity contribution in [2.75, 3.05) is 0 Å². The Hall–Kier alpha value is -2.64. The second-order valence-corrected chi connectivity index (χ2v) is 5.89. The Morgan fingerprint density at radius 2 is 2.09 bits per heavy atom. The molecule has 0 bridgehead atoms. The number of halogens is 1. The number of H-pyrrole nitrogens is 1. The summed E-state index contributed by atoms with van der Waals surface area (Å²) in [5.74, 6) is -0.525. The topological polar surface area (TPSA) is 93.4 Å². The highest BCUT2D eigenvalue weighted by atomic mass is 35.5. The molecule has 23 heavy (non-hydrogen) atoms. The molecular formula is C15H11ClN4O2S. The van der Waals surface area contributed by atoms with Gasteiger partial charge in [-0.3, -0.25) is 5.10 Å². The average molecular weight is 347 g/mol. The zero-order valence-electron chi connectivity index (χ0n) is 11.7. The van der Waals surface area contributed by atoms with Crippen LogP contribution in [0.1, 0.15) is 15.4 Å². The van der Waals surface area contributed by atoms with E-state index < -0.39 is 5.97 Å². The van der Waals surface area contributed by atoms with Crippen molar-refractivity contribution >= 4 is 34.7 Å². The van der Waals surface area contributed by atoms with Crippen molar-refractivity contribution in [2.45, 2.75) is 0 Å². The molecule has 0 amide bonds. The van der Waals surface area contributed by atoms with Gasteiger partial charge in [-0.15, -0.1) is 11.3 Å². The highest BCUT2D eigenvalue weighted by Gasteiger charge is 2.13. The molecule has 3 N–H and O–H groups in total. The largest absolute Gasteiger partial charge is 0.383 e. The van der Waals surface area contributed by atoms with E-state index in [9.17, 15) is 4.79 Å². The monoisotopic (exact) mass is 346 g/mol. The highest BCUT2D eigenvalue weighted by Crippen LogP contribution is 2.20. The van der Waals surface area contributed by atoms with Crippen molar-refractivity contribution < 1.29 is 9.63 Å². The lowest BCUT2D eigenvalue weighted by Crippen LogP contribution is -2.13. The van der Waals surface area contributed by atoms with Crippen LogP contribution < -0.4 is 5.73 Å². The minimum atomic E-state index is -0.669. The summed E-state index contributed by atoms with van der Waals surface area (Å²) in [7, 11) is 0.